The summed E-state index contributed by atoms with van der Waals surface area (Å²) in [7, 11) is 0. The van der Waals surface area contributed by atoms with E-state index in [1.165, 1.54) is 12.8 Å². The molecule has 0 spiro atoms. The van der Waals surface area contributed by atoms with Crippen molar-refractivity contribution < 1.29 is 4.74 Å². The smallest absolute Gasteiger partial charge is 0.0718 e. The van der Waals surface area contributed by atoms with E-state index in [-0.39, 0.29) is 0 Å². The zero-order chi connectivity index (χ0) is 10.5. The number of rotatable bonds is 4. The fraction of sp³-hybridized carbons (Fsp3) is 0.500. The molecule has 15 heavy (non-hydrogen) atoms. The third-order valence-electron chi connectivity index (χ3n) is 2.70. The second-order valence-electron chi connectivity index (χ2n) is 4.05. The van der Waals surface area contributed by atoms with Crippen molar-refractivity contribution in [2.45, 2.75) is 25.5 Å². The normalized spacial score (nSPS) is 20.7. The fourth-order valence-electron chi connectivity index (χ4n) is 1.90. The highest BCUT2D eigenvalue weighted by Gasteiger charge is 2.13. The molecule has 0 amide bonds. The lowest BCUT2D eigenvalue weighted by atomic mass is 10.2. The van der Waals surface area contributed by atoms with Crippen molar-refractivity contribution >= 4 is 5.69 Å². The molecule has 3 N–H and O–H groups in total. The summed E-state index contributed by atoms with van der Waals surface area (Å²) < 4.78 is 5.64. The summed E-state index contributed by atoms with van der Waals surface area (Å²) >= 11 is 0. The Bertz CT molecular complexity index is 308. The van der Waals surface area contributed by atoms with Crippen molar-refractivity contribution in [1.29, 1.82) is 0 Å². The first-order chi connectivity index (χ1) is 7.34. The van der Waals surface area contributed by atoms with Gasteiger partial charge in [-0.15, -0.1) is 0 Å². The van der Waals surface area contributed by atoms with E-state index in [9.17, 15) is 0 Å². The van der Waals surface area contributed by atoms with Crippen molar-refractivity contribution in [1.82, 2.24) is 5.32 Å². The Morgan fingerprint density at radius 3 is 3.13 bits per heavy atom. The van der Waals surface area contributed by atoms with Gasteiger partial charge in [0.05, 0.1) is 13.2 Å². The molecule has 0 unspecified atom stereocenters. The van der Waals surface area contributed by atoms with Crippen molar-refractivity contribution in [3.8, 4) is 0 Å². The number of hydrogen-bond donors (Lipinski definition) is 2. The predicted molar refractivity (Wildman–Crippen MR) is 61.5 cm³/mol. The molecule has 1 aliphatic rings. The summed E-state index contributed by atoms with van der Waals surface area (Å²) in [6.07, 6.45) is 2.50. The van der Waals surface area contributed by atoms with Gasteiger partial charge in [0.2, 0.25) is 0 Å². The molecule has 0 radical (unpaired) electrons. The molecule has 0 aliphatic carbocycles. The molecule has 1 saturated heterocycles. The molecule has 1 atom stereocenters. The molecule has 1 aliphatic heterocycles. The Kier molecular flexibility index (Phi) is 3.59. The van der Waals surface area contributed by atoms with E-state index in [4.69, 9.17) is 10.5 Å². The molecule has 3 nitrogen and oxygen atoms in total. The van der Waals surface area contributed by atoms with E-state index in [0.717, 1.165) is 24.4 Å². The lowest BCUT2D eigenvalue weighted by Crippen LogP contribution is -2.26. The van der Waals surface area contributed by atoms with E-state index in [2.05, 4.69) is 5.32 Å². The first kappa shape index (κ1) is 10.5. The van der Waals surface area contributed by atoms with Crippen LogP contribution in [-0.2, 0) is 11.3 Å². The summed E-state index contributed by atoms with van der Waals surface area (Å²) in [5.74, 6) is 0. The number of benzene rings is 1. The van der Waals surface area contributed by atoms with Crippen LogP contribution in [0.2, 0.25) is 0 Å². The van der Waals surface area contributed by atoms with Crippen LogP contribution < -0.4 is 11.1 Å². The summed E-state index contributed by atoms with van der Waals surface area (Å²) in [6, 6.07) is 8.40. The van der Waals surface area contributed by atoms with Gasteiger partial charge >= 0.3 is 0 Å². The Morgan fingerprint density at radius 2 is 2.40 bits per heavy atom. The van der Waals surface area contributed by atoms with Crippen molar-refractivity contribution in [3.63, 3.8) is 0 Å². The summed E-state index contributed by atoms with van der Waals surface area (Å²) in [6.45, 7) is 2.59. The van der Waals surface area contributed by atoms with Crippen LogP contribution in [0.15, 0.2) is 24.3 Å². The topological polar surface area (TPSA) is 47.3 Å². The molecular weight excluding hydrogens is 188 g/mol. The molecule has 0 bridgehead atoms. The summed E-state index contributed by atoms with van der Waals surface area (Å²) in [5.41, 5.74) is 7.63. The third-order valence-corrected chi connectivity index (χ3v) is 2.70. The maximum atomic E-state index is 5.68. The van der Waals surface area contributed by atoms with Crippen molar-refractivity contribution in [2.24, 2.45) is 0 Å². The van der Waals surface area contributed by atoms with Crippen LogP contribution >= 0.6 is 0 Å². The summed E-state index contributed by atoms with van der Waals surface area (Å²) in [5, 5.41) is 3.40. The molecule has 82 valence electrons. The lowest BCUT2D eigenvalue weighted by molar-refractivity contribution is 0.103. The minimum atomic E-state index is 0.547. The van der Waals surface area contributed by atoms with Gasteiger partial charge in [-0.05, 0) is 37.1 Å². The highest BCUT2D eigenvalue weighted by molar-refractivity contribution is 5.40. The first-order valence-electron chi connectivity index (χ1n) is 5.50. The number of nitrogen functional groups attached to an aromatic ring is 1. The predicted octanol–water partition coefficient (Wildman–Crippen LogP) is 1.54. The number of anilines is 1. The summed E-state index contributed by atoms with van der Waals surface area (Å²) in [4.78, 5) is 0. The van der Waals surface area contributed by atoms with E-state index < -0.39 is 0 Å². The van der Waals surface area contributed by atoms with Gasteiger partial charge in [-0.3, -0.25) is 0 Å². The molecule has 1 aromatic carbocycles. The van der Waals surface area contributed by atoms with Gasteiger partial charge in [-0.2, -0.15) is 0 Å². The van der Waals surface area contributed by atoms with Crippen molar-refractivity contribution in [2.75, 3.05) is 18.9 Å². The molecule has 1 heterocycles. The van der Waals surface area contributed by atoms with Gasteiger partial charge in [-0.25, -0.2) is 0 Å². The first-order valence-corrected chi connectivity index (χ1v) is 5.50. The molecule has 2 rings (SSSR count). The Balaban J connectivity index is 1.73. The zero-order valence-corrected chi connectivity index (χ0v) is 8.91. The molecular formula is C12H18N2O. The number of nitrogens with two attached hydrogens (primary N) is 1. The zero-order valence-electron chi connectivity index (χ0n) is 8.91. The molecule has 1 aromatic rings. The van der Waals surface area contributed by atoms with Gasteiger partial charge in [0.15, 0.2) is 0 Å². The quantitative estimate of drug-likeness (QED) is 0.735. The Morgan fingerprint density at radius 1 is 1.47 bits per heavy atom. The molecule has 3 heteroatoms. The average Bonchev–Trinajstić information content (AvgIpc) is 2.71. The van der Waals surface area contributed by atoms with E-state index >= 15 is 0 Å². The van der Waals surface area contributed by atoms with Crippen LogP contribution in [-0.4, -0.2) is 19.2 Å². The molecule has 1 fully saturated rings. The maximum absolute atomic E-state index is 5.68. The number of ether oxygens (including phenoxy) is 1. The van der Waals surface area contributed by atoms with Gasteiger partial charge in [0, 0.05) is 11.7 Å². The highest BCUT2D eigenvalue weighted by Crippen LogP contribution is 2.09. The fourth-order valence-corrected chi connectivity index (χ4v) is 1.90. The van der Waals surface area contributed by atoms with Gasteiger partial charge in [-0.1, -0.05) is 12.1 Å². The van der Waals surface area contributed by atoms with E-state index in [0.29, 0.717) is 12.6 Å². The van der Waals surface area contributed by atoms with Crippen molar-refractivity contribution in [3.05, 3.63) is 29.8 Å². The Hall–Kier alpha value is -1.06. The van der Waals surface area contributed by atoms with E-state index in [1.54, 1.807) is 0 Å². The Labute approximate surface area is 90.6 Å². The van der Waals surface area contributed by atoms with Crippen LogP contribution in [0.3, 0.4) is 0 Å². The largest absolute Gasteiger partial charge is 0.399 e. The van der Waals surface area contributed by atoms with E-state index in [1.807, 2.05) is 24.3 Å². The van der Waals surface area contributed by atoms with Crippen LogP contribution in [0.25, 0.3) is 0 Å². The van der Waals surface area contributed by atoms with Crippen LogP contribution in [0.1, 0.15) is 18.4 Å². The molecule has 0 aromatic heterocycles. The minimum absolute atomic E-state index is 0.547. The van der Waals surface area contributed by atoms with Gasteiger partial charge < -0.3 is 15.8 Å². The van der Waals surface area contributed by atoms with Crippen LogP contribution in [0.5, 0.6) is 0 Å². The van der Waals surface area contributed by atoms with Gasteiger partial charge in [0.1, 0.15) is 0 Å². The highest BCUT2D eigenvalue weighted by atomic mass is 16.5. The average molecular weight is 206 g/mol. The lowest BCUT2D eigenvalue weighted by Gasteiger charge is -2.10. The second kappa shape index (κ2) is 5.14. The third kappa shape index (κ3) is 3.22. The molecule has 0 saturated carbocycles. The van der Waals surface area contributed by atoms with Crippen LogP contribution in [0, 0.1) is 0 Å². The standard InChI is InChI=1S/C12H18N2O/c13-11-4-1-3-10(7-11)8-15-9-12-5-2-6-14-12/h1,3-4,7,12,14H,2,5-6,8-9,13H2/t12-/m1/s1. The maximum Gasteiger partial charge on any atom is 0.0718 e. The second-order valence-corrected chi connectivity index (χ2v) is 4.05. The minimum Gasteiger partial charge on any atom is -0.399 e. The SMILES string of the molecule is Nc1cccc(COC[C@H]2CCCN2)c1. The monoisotopic (exact) mass is 206 g/mol. The number of nitrogens with one attached hydrogen (secondary N) is 1. The van der Waals surface area contributed by atoms with Gasteiger partial charge in [0.25, 0.3) is 0 Å². The number of hydrogen-bond acceptors (Lipinski definition) is 3. The van der Waals surface area contributed by atoms with Crippen LogP contribution in [0.4, 0.5) is 5.69 Å².